The van der Waals surface area contributed by atoms with Crippen LogP contribution in [0.15, 0.2) is 48.8 Å². The van der Waals surface area contributed by atoms with Gasteiger partial charge in [0, 0.05) is 45.2 Å². The maximum Gasteiger partial charge on any atom is 0.225 e. The van der Waals surface area contributed by atoms with Crippen molar-refractivity contribution >= 4 is 11.8 Å². The number of carbonyl (C=O) groups is 2. The summed E-state index contributed by atoms with van der Waals surface area (Å²) >= 11 is 0. The third-order valence-corrected chi connectivity index (χ3v) is 6.80. The lowest BCUT2D eigenvalue weighted by molar-refractivity contribution is -0.141. The van der Waals surface area contributed by atoms with Crippen molar-refractivity contribution < 1.29 is 14.3 Å². The molecule has 1 aromatic heterocycles. The highest BCUT2D eigenvalue weighted by Crippen LogP contribution is 2.26. The summed E-state index contributed by atoms with van der Waals surface area (Å²) in [7, 11) is 0. The standard InChI is InChI=1S/C26H33N3O3/c1-20(30)28-15-10-24(11-16-28)26(31)29-13-8-22(9-14-29)17-21-4-6-23(7-5-21)19-32-25-3-2-12-27-18-25/h2-7,12,18,22,24H,8-11,13-17,19H2,1H3. The Balaban J connectivity index is 1.19. The number of rotatable bonds is 6. The number of hydrogen-bond acceptors (Lipinski definition) is 4. The van der Waals surface area contributed by atoms with E-state index in [1.165, 1.54) is 5.56 Å². The Morgan fingerprint density at radius 2 is 1.59 bits per heavy atom. The topological polar surface area (TPSA) is 62.7 Å². The van der Waals surface area contributed by atoms with Crippen molar-refractivity contribution in [2.24, 2.45) is 11.8 Å². The third-order valence-electron chi connectivity index (χ3n) is 6.80. The van der Waals surface area contributed by atoms with Crippen LogP contribution >= 0.6 is 0 Å². The number of hydrogen-bond donors (Lipinski definition) is 0. The Morgan fingerprint density at radius 3 is 2.22 bits per heavy atom. The molecule has 2 amide bonds. The fourth-order valence-electron chi connectivity index (χ4n) is 4.76. The first-order chi connectivity index (χ1) is 15.6. The number of aromatic nitrogens is 1. The fourth-order valence-corrected chi connectivity index (χ4v) is 4.76. The summed E-state index contributed by atoms with van der Waals surface area (Å²) in [4.78, 5) is 32.4. The Bertz CT molecular complexity index is 884. The van der Waals surface area contributed by atoms with E-state index >= 15 is 0 Å². The molecule has 32 heavy (non-hydrogen) atoms. The van der Waals surface area contributed by atoms with Gasteiger partial charge < -0.3 is 14.5 Å². The number of carbonyl (C=O) groups excluding carboxylic acids is 2. The molecule has 0 unspecified atom stereocenters. The molecule has 6 nitrogen and oxygen atoms in total. The lowest BCUT2D eigenvalue weighted by Crippen LogP contribution is -2.46. The van der Waals surface area contributed by atoms with Gasteiger partial charge in [0.15, 0.2) is 0 Å². The largest absolute Gasteiger partial charge is 0.487 e. The van der Waals surface area contributed by atoms with Crippen LogP contribution in [-0.4, -0.2) is 52.8 Å². The van der Waals surface area contributed by atoms with E-state index in [0.29, 0.717) is 31.5 Å². The molecule has 0 spiro atoms. The van der Waals surface area contributed by atoms with Crippen LogP contribution in [0.1, 0.15) is 43.7 Å². The first kappa shape index (κ1) is 22.3. The van der Waals surface area contributed by atoms with Gasteiger partial charge in [-0.2, -0.15) is 0 Å². The van der Waals surface area contributed by atoms with Gasteiger partial charge in [-0.15, -0.1) is 0 Å². The zero-order valence-corrected chi connectivity index (χ0v) is 18.9. The molecular weight excluding hydrogens is 402 g/mol. The van der Waals surface area contributed by atoms with Crippen molar-refractivity contribution in [1.29, 1.82) is 0 Å². The predicted octanol–water partition coefficient (Wildman–Crippen LogP) is 3.70. The van der Waals surface area contributed by atoms with Crippen LogP contribution < -0.4 is 4.74 Å². The number of pyridine rings is 1. The number of benzene rings is 1. The van der Waals surface area contributed by atoms with E-state index in [0.717, 1.165) is 56.5 Å². The Hall–Kier alpha value is -2.89. The van der Waals surface area contributed by atoms with Crippen molar-refractivity contribution in [3.05, 3.63) is 59.9 Å². The smallest absolute Gasteiger partial charge is 0.225 e. The highest BCUT2D eigenvalue weighted by molar-refractivity contribution is 5.79. The SMILES string of the molecule is CC(=O)N1CCC(C(=O)N2CCC(Cc3ccc(COc4cccnc4)cc3)CC2)CC1. The number of nitrogens with zero attached hydrogens (tertiary/aromatic N) is 3. The number of amides is 2. The zero-order chi connectivity index (χ0) is 22.3. The molecule has 0 N–H and O–H groups in total. The molecule has 1 aromatic carbocycles. The normalized spacial score (nSPS) is 17.9. The molecule has 3 heterocycles. The molecule has 6 heteroatoms. The minimum Gasteiger partial charge on any atom is -0.487 e. The monoisotopic (exact) mass is 435 g/mol. The molecule has 0 atom stereocenters. The highest BCUT2D eigenvalue weighted by atomic mass is 16.5. The molecule has 2 fully saturated rings. The van der Waals surface area contributed by atoms with E-state index in [9.17, 15) is 9.59 Å². The molecule has 0 radical (unpaired) electrons. The zero-order valence-electron chi connectivity index (χ0n) is 18.9. The van der Waals surface area contributed by atoms with Gasteiger partial charge >= 0.3 is 0 Å². The van der Waals surface area contributed by atoms with Crippen LogP contribution in [0.2, 0.25) is 0 Å². The van der Waals surface area contributed by atoms with Gasteiger partial charge in [0.25, 0.3) is 0 Å². The van der Waals surface area contributed by atoms with Crippen molar-refractivity contribution in [3.8, 4) is 5.75 Å². The summed E-state index contributed by atoms with van der Waals surface area (Å²) in [6.07, 6.45) is 8.24. The maximum atomic E-state index is 12.9. The van der Waals surface area contributed by atoms with E-state index < -0.39 is 0 Å². The van der Waals surface area contributed by atoms with Crippen molar-refractivity contribution in [1.82, 2.24) is 14.8 Å². The van der Waals surface area contributed by atoms with Gasteiger partial charge in [-0.05, 0) is 61.3 Å². The van der Waals surface area contributed by atoms with Gasteiger partial charge in [-0.1, -0.05) is 24.3 Å². The lowest BCUT2D eigenvalue weighted by Gasteiger charge is -2.37. The van der Waals surface area contributed by atoms with Crippen LogP contribution in [0.25, 0.3) is 0 Å². The molecule has 0 aliphatic carbocycles. The summed E-state index contributed by atoms with van der Waals surface area (Å²) < 4.78 is 5.76. The average Bonchev–Trinajstić information content (AvgIpc) is 2.84. The van der Waals surface area contributed by atoms with Crippen LogP contribution in [0.4, 0.5) is 0 Å². The minimum atomic E-state index is 0.0866. The molecular formula is C26H33N3O3. The van der Waals surface area contributed by atoms with Crippen LogP contribution in [-0.2, 0) is 22.6 Å². The van der Waals surface area contributed by atoms with E-state index in [1.54, 1.807) is 19.3 Å². The fraction of sp³-hybridized carbons (Fsp3) is 0.500. The predicted molar refractivity (Wildman–Crippen MR) is 123 cm³/mol. The molecule has 4 rings (SSSR count). The molecule has 2 saturated heterocycles. The van der Waals surface area contributed by atoms with Crippen LogP contribution in [0.5, 0.6) is 5.75 Å². The number of piperidine rings is 2. The highest BCUT2D eigenvalue weighted by Gasteiger charge is 2.31. The summed E-state index contributed by atoms with van der Waals surface area (Å²) in [6.45, 7) is 5.28. The molecule has 2 aromatic rings. The van der Waals surface area contributed by atoms with Gasteiger partial charge in [0.2, 0.25) is 11.8 Å². The molecule has 2 aliphatic heterocycles. The third kappa shape index (κ3) is 5.87. The molecule has 170 valence electrons. The summed E-state index contributed by atoms with van der Waals surface area (Å²) in [5.74, 6) is 1.90. The number of likely N-dealkylation sites (tertiary alicyclic amines) is 2. The van der Waals surface area contributed by atoms with Gasteiger partial charge in [-0.25, -0.2) is 0 Å². The first-order valence-corrected chi connectivity index (χ1v) is 11.7. The second-order valence-corrected chi connectivity index (χ2v) is 9.05. The average molecular weight is 436 g/mol. The second kappa shape index (κ2) is 10.6. The summed E-state index contributed by atoms with van der Waals surface area (Å²) in [5.41, 5.74) is 2.49. The summed E-state index contributed by atoms with van der Waals surface area (Å²) in [5, 5.41) is 0. The molecule has 2 aliphatic rings. The van der Waals surface area contributed by atoms with E-state index in [2.05, 4.69) is 34.1 Å². The maximum absolute atomic E-state index is 12.9. The van der Waals surface area contributed by atoms with E-state index in [4.69, 9.17) is 4.74 Å². The first-order valence-electron chi connectivity index (χ1n) is 11.7. The van der Waals surface area contributed by atoms with Gasteiger partial charge in [-0.3, -0.25) is 14.6 Å². The quantitative estimate of drug-likeness (QED) is 0.694. The number of ether oxygens (including phenoxy) is 1. The Labute approximate surface area is 190 Å². The van der Waals surface area contributed by atoms with E-state index in [-0.39, 0.29) is 11.8 Å². The lowest BCUT2D eigenvalue weighted by atomic mass is 9.88. The van der Waals surface area contributed by atoms with Gasteiger partial charge in [0.05, 0.1) is 6.20 Å². The van der Waals surface area contributed by atoms with Crippen LogP contribution in [0.3, 0.4) is 0 Å². The minimum absolute atomic E-state index is 0.0866. The molecule has 0 bridgehead atoms. The van der Waals surface area contributed by atoms with Crippen molar-refractivity contribution in [2.75, 3.05) is 26.2 Å². The van der Waals surface area contributed by atoms with Crippen LogP contribution in [0, 0.1) is 11.8 Å². The van der Waals surface area contributed by atoms with Gasteiger partial charge in [0.1, 0.15) is 12.4 Å². The molecule has 0 saturated carbocycles. The Morgan fingerprint density at radius 1 is 0.938 bits per heavy atom. The van der Waals surface area contributed by atoms with Crippen molar-refractivity contribution in [3.63, 3.8) is 0 Å². The second-order valence-electron chi connectivity index (χ2n) is 9.05. The van der Waals surface area contributed by atoms with E-state index in [1.807, 2.05) is 17.0 Å². The Kier molecular flexibility index (Phi) is 7.40. The van der Waals surface area contributed by atoms with Crippen molar-refractivity contribution in [2.45, 2.75) is 45.6 Å². The summed E-state index contributed by atoms with van der Waals surface area (Å²) in [6, 6.07) is 12.4.